The lowest BCUT2D eigenvalue weighted by atomic mass is 10.1. The number of nitrogens with one attached hydrogen (secondary N) is 1. The maximum Gasteiger partial charge on any atom is 0.337 e. The molecular weight excluding hydrogens is 623 g/mol. The molecule has 0 saturated carbocycles. The molecule has 35 heavy (non-hydrogen) atoms. The van der Waals surface area contributed by atoms with Crippen LogP contribution >= 0.6 is 55.1 Å². The maximum absolute atomic E-state index is 12.6. The molecule has 0 spiro atoms. The molecule has 0 aliphatic rings. The molecule has 0 heterocycles. The first-order chi connectivity index (χ1) is 16.7. The van der Waals surface area contributed by atoms with Crippen LogP contribution in [0.15, 0.2) is 69.1 Å². The van der Waals surface area contributed by atoms with Crippen LogP contribution in [0.3, 0.4) is 0 Å². The van der Waals surface area contributed by atoms with Gasteiger partial charge in [0.15, 0.2) is 0 Å². The second-order valence-electron chi connectivity index (χ2n) is 7.04. The molecule has 1 N–H and O–H groups in total. The van der Waals surface area contributed by atoms with Crippen LogP contribution in [0.2, 0.25) is 10.0 Å². The van der Waals surface area contributed by atoms with Gasteiger partial charge in [-0.15, -0.1) is 0 Å². The molecule has 0 atom stereocenters. The number of amides is 1. The number of rotatable bonds is 7. The third-order valence-corrected chi connectivity index (χ3v) is 6.54. The molecule has 0 bridgehead atoms. The van der Waals surface area contributed by atoms with Gasteiger partial charge < -0.3 is 14.8 Å². The molecule has 0 unspecified atom stereocenters. The van der Waals surface area contributed by atoms with Crippen molar-refractivity contribution >= 4 is 78.7 Å². The van der Waals surface area contributed by atoms with Crippen molar-refractivity contribution < 1.29 is 19.1 Å². The molecule has 3 rings (SSSR count). The monoisotopic (exact) mass is 636 g/mol. The van der Waals surface area contributed by atoms with Crippen LogP contribution in [0.25, 0.3) is 6.08 Å². The number of hydrogen-bond donors (Lipinski definition) is 1. The number of esters is 1. The summed E-state index contributed by atoms with van der Waals surface area (Å²) in [4.78, 5) is 24.1. The van der Waals surface area contributed by atoms with Gasteiger partial charge in [0.05, 0.1) is 31.7 Å². The van der Waals surface area contributed by atoms with E-state index < -0.39 is 11.9 Å². The van der Waals surface area contributed by atoms with E-state index >= 15 is 0 Å². The fourth-order valence-corrected chi connectivity index (χ4v) is 4.68. The minimum atomic E-state index is -0.592. The van der Waals surface area contributed by atoms with Crippen molar-refractivity contribution in [2.75, 3.05) is 12.4 Å². The lowest BCUT2D eigenvalue weighted by Crippen LogP contribution is -2.13. The van der Waals surface area contributed by atoms with Crippen molar-refractivity contribution in [3.63, 3.8) is 0 Å². The Labute approximate surface area is 228 Å². The fraction of sp³-hybridized carbons (Fsp3) is 0.0800. The molecule has 0 radical (unpaired) electrons. The van der Waals surface area contributed by atoms with Crippen LogP contribution in [-0.2, 0) is 16.1 Å². The van der Waals surface area contributed by atoms with Gasteiger partial charge in [0.25, 0.3) is 5.91 Å². The smallest absolute Gasteiger partial charge is 0.337 e. The van der Waals surface area contributed by atoms with E-state index in [1.807, 2.05) is 12.1 Å². The molecule has 0 aromatic heterocycles. The molecule has 0 saturated heterocycles. The standard InChI is InChI=1S/C25H16Br2Cl2N2O4/c1-34-25(33)16-3-5-18(6-4-16)31-24(32)17(12-30)8-15-9-19(26)23(20(27)10-15)35-13-14-2-7-21(28)22(29)11-14/h2-11H,13H2,1H3,(H,31,32)/b17-8+. The number of methoxy groups -OCH3 is 1. The summed E-state index contributed by atoms with van der Waals surface area (Å²) in [7, 11) is 1.28. The van der Waals surface area contributed by atoms with Gasteiger partial charge in [-0.1, -0.05) is 29.3 Å². The molecule has 3 aromatic rings. The van der Waals surface area contributed by atoms with Crippen molar-refractivity contribution in [2.24, 2.45) is 0 Å². The SMILES string of the molecule is COC(=O)c1ccc(NC(=O)/C(C#N)=C/c2cc(Br)c(OCc3ccc(Cl)c(Cl)c3)c(Br)c2)cc1. The van der Waals surface area contributed by atoms with Crippen LogP contribution in [0, 0.1) is 11.3 Å². The van der Waals surface area contributed by atoms with Crippen LogP contribution in [0.5, 0.6) is 5.75 Å². The molecule has 0 aliphatic heterocycles. The van der Waals surface area contributed by atoms with E-state index in [0.717, 1.165) is 5.56 Å². The quantitative estimate of drug-likeness (QED) is 0.165. The van der Waals surface area contributed by atoms with Gasteiger partial charge in [-0.25, -0.2) is 4.79 Å². The minimum absolute atomic E-state index is 0.106. The van der Waals surface area contributed by atoms with Gasteiger partial charge in [-0.2, -0.15) is 5.26 Å². The number of anilines is 1. The predicted octanol–water partition coefficient (Wildman–Crippen LogP) is 7.43. The van der Waals surface area contributed by atoms with Crippen molar-refractivity contribution in [2.45, 2.75) is 6.61 Å². The number of nitrogens with zero attached hydrogens (tertiary/aromatic N) is 1. The van der Waals surface area contributed by atoms with Gasteiger partial charge in [0, 0.05) is 5.69 Å². The van der Waals surface area contributed by atoms with E-state index in [1.165, 1.54) is 25.3 Å². The fourth-order valence-electron chi connectivity index (χ4n) is 2.91. The van der Waals surface area contributed by atoms with E-state index in [1.54, 1.807) is 36.4 Å². The van der Waals surface area contributed by atoms with Crippen LogP contribution in [-0.4, -0.2) is 19.0 Å². The van der Waals surface area contributed by atoms with E-state index in [2.05, 4.69) is 41.9 Å². The first-order valence-corrected chi connectivity index (χ1v) is 12.2. The zero-order chi connectivity index (χ0) is 25.5. The van der Waals surface area contributed by atoms with Crippen LogP contribution in [0.1, 0.15) is 21.5 Å². The van der Waals surface area contributed by atoms with Gasteiger partial charge >= 0.3 is 5.97 Å². The number of nitriles is 1. The number of ether oxygens (including phenoxy) is 2. The molecular formula is C25H16Br2Cl2N2O4. The van der Waals surface area contributed by atoms with Gasteiger partial charge in [0.2, 0.25) is 0 Å². The maximum atomic E-state index is 12.6. The number of carbonyl (C=O) groups is 2. The highest BCUT2D eigenvalue weighted by molar-refractivity contribution is 9.11. The van der Waals surface area contributed by atoms with E-state index in [9.17, 15) is 14.9 Å². The Morgan fingerprint density at radius 3 is 2.26 bits per heavy atom. The summed E-state index contributed by atoms with van der Waals surface area (Å²) >= 11 is 18.9. The lowest BCUT2D eigenvalue weighted by molar-refractivity contribution is -0.112. The number of carbonyl (C=O) groups excluding carboxylic acids is 2. The zero-order valence-corrected chi connectivity index (χ0v) is 22.8. The molecule has 0 fully saturated rings. The Bertz CT molecular complexity index is 1330. The van der Waals surface area contributed by atoms with Crippen LogP contribution in [0.4, 0.5) is 5.69 Å². The average molecular weight is 639 g/mol. The Balaban J connectivity index is 1.74. The largest absolute Gasteiger partial charge is 0.487 e. The van der Waals surface area contributed by atoms with Gasteiger partial charge in [-0.3, -0.25) is 4.79 Å². The Hall–Kier alpha value is -2.83. The number of hydrogen-bond acceptors (Lipinski definition) is 5. The first kappa shape index (κ1) is 26.8. The Kier molecular flexibility index (Phi) is 9.35. The molecule has 1 amide bonds. The molecule has 10 heteroatoms. The highest BCUT2D eigenvalue weighted by atomic mass is 79.9. The average Bonchev–Trinajstić information content (AvgIpc) is 2.84. The van der Waals surface area contributed by atoms with E-state index in [-0.39, 0.29) is 12.2 Å². The summed E-state index contributed by atoms with van der Waals surface area (Å²) < 4.78 is 11.8. The molecule has 178 valence electrons. The van der Waals surface area contributed by atoms with E-state index in [4.69, 9.17) is 27.9 Å². The summed E-state index contributed by atoms with van der Waals surface area (Å²) in [6, 6.07) is 16.7. The van der Waals surface area contributed by atoms with Crippen molar-refractivity contribution in [1.29, 1.82) is 5.26 Å². The normalized spacial score (nSPS) is 10.9. The first-order valence-electron chi connectivity index (χ1n) is 9.89. The second kappa shape index (κ2) is 12.2. The molecule has 3 aromatic carbocycles. The second-order valence-corrected chi connectivity index (χ2v) is 9.57. The Morgan fingerprint density at radius 1 is 1.03 bits per heavy atom. The number of benzene rings is 3. The number of halogens is 4. The summed E-state index contributed by atoms with van der Waals surface area (Å²) in [6.45, 7) is 0.254. The third kappa shape index (κ3) is 7.09. The van der Waals surface area contributed by atoms with E-state index in [0.29, 0.717) is 41.6 Å². The van der Waals surface area contributed by atoms with Gasteiger partial charge in [0.1, 0.15) is 24.0 Å². The summed E-state index contributed by atoms with van der Waals surface area (Å²) in [5.74, 6) is -0.534. The van der Waals surface area contributed by atoms with Crippen molar-refractivity contribution in [3.8, 4) is 11.8 Å². The molecule has 0 aliphatic carbocycles. The zero-order valence-electron chi connectivity index (χ0n) is 18.1. The predicted molar refractivity (Wildman–Crippen MR) is 143 cm³/mol. The molecule has 6 nitrogen and oxygen atoms in total. The summed E-state index contributed by atoms with van der Waals surface area (Å²) in [6.07, 6.45) is 1.45. The third-order valence-electron chi connectivity index (χ3n) is 4.63. The summed E-state index contributed by atoms with van der Waals surface area (Å²) in [5, 5.41) is 13.1. The van der Waals surface area contributed by atoms with Crippen molar-refractivity contribution in [3.05, 3.63) is 95.9 Å². The van der Waals surface area contributed by atoms with Crippen molar-refractivity contribution in [1.82, 2.24) is 0 Å². The van der Waals surface area contributed by atoms with Crippen LogP contribution < -0.4 is 10.1 Å². The van der Waals surface area contributed by atoms with Gasteiger partial charge in [-0.05, 0) is 97.6 Å². The Morgan fingerprint density at radius 2 is 1.69 bits per heavy atom. The minimum Gasteiger partial charge on any atom is -0.487 e. The summed E-state index contributed by atoms with van der Waals surface area (Å²) in [5.41, 5.74) is 2.10. The lowest BCUT2D eigenvalue weighted by Gasteiger charge is -2.12. The highest BCUT2D eigenvalue weighted by Gasteiger charge is 2.14. The topological polar surface area (TPSA) is 88.4 Å². The highest BCUT2D eigenvalue weighted by Crippen LogP contribution is 2.36.